The summed E-state index contributed by atoms with van der Waals surface area (Å²) in [6, 6.07) is 19.4. The number of carboxylic acids is 2. The molecule has 0 saturated heterocycles. The standard InChI is InChI=1S/C25H24O7/c1-30-21-8-4-17(5-9-21)18-6-10-22(11-7-18)31-12-2-3-13-32-23-15-19(24(26)27)14-20(16-23)25(28)29/h4-11,14-16H,2-3,12-13H2,1H3,(H,26,27)(H,28,29). The number of methoxy groups -OCH3 is 1. The van der Waals surface area contributed by atoms with Crippen molar-refractivity contribution in [2.75, 3.05) is 20.3 Å². The number of hydrogen-bond acceptors (Lipinski definition) is 5. The highest BCUT2D eigenvalue weighted by atomic mass is 16.5. The van der Waals surface area contributed by atoms with Crippen LogP contribution in [0.2, 0.25) is 0 Å². The topological polar surface area (TPSA) is 102 Å². The van der Waals surface area contributed by atoms with E-state index in [1.165, 1.54) is 12.1 Å². The minimum absolute atomic E-state index is 0.124. The highest BCUT2D eigenvalue weighted by molar-refractivity contribution is 5.94. The van der Waals surface area contributed by atoms with Gasteiger partial charge in [0.05, 0.1) is 31.5 Å². The van der Waals surface area contributed by atoms with Gasteiger partial charge in [0, 0.05) is 0 Å². The van der Waals surface area contributed by atoms with Gasteiger partial charge in [-0.15, -0.1) is 0 Å². The van der Waals surface area contributed by atoms with Crippen molar-refractivity contribution in [1.29, 1.82) is 0 Å². The van der Waals surface area contributed by atoms with Crippen LogP contribution in [0.3, 0.4) is 0 Å². The second kappa shape index (κ2) is 10.9. The first-order valence-corrected chi connectivity index (χ1v) is 10.1. The van der Waals surface area contributed by atoms with Crippen LogP contribution >= 0.6 is 0 Å². The summed E-state index contributed by atoms with van der Waals surface area (Å²) >= 11 is 0. The Labute approximate surface area is 185 Å². The molecule has 0 spiro atoms. The van der Waals surface area contributed by atoms with Crippen molar-refractivity contribution >= 4 is 11.9 Å². The van der Waals surface area contributed by atoms with E-state index in [4.69, 9.17) is 24.4 Å². The third-order valence-electron chi connectivity index (χ3n) is 4.75. The van der Waals surface area contributed by atoms with Crippen LogP contribution in [0.1, 0.15) is 33.6 Å². The monoisotopic (exact) mass is 436 g/mol. The summed E-state index contributed by atoms with van der Waals surface area (Å²) in [4.78, 5) is 22.3. The molecule has 0 saturated carbocycles. The summed E-state index contributed by atoms with van der Waals surface area (Å²) in [5.41, 5.74) is 1.92. The summed E-state index contributed by atoms with van der Waals surface area (Å²) < 4.78 is 16.5. The molecule has 0 radical (unpaired) electrons. The lowest BCUT2D eigenvalue weighted by Crippen LogP contribution is -2.06. The second-order valence-corrected chi connectivity index (χ2v) is 7.01. The Balaban J connectivity index is 1.43. The van der Waals surface area contributed by atoms with E-state index in [1.807, 2.05) is 48.5 Å². The molecular formula is C25H24O7. The van der Waals surface area contributed by atoms with E-state index in [1.54, 1.807) is 7.11 Å². The highest BCUT2D eigenvalue weighted by Crippen LogP contribution is 2.24. The number of unbranched alkanes of at least 4 members (excludes halogenated alkanes) is 1. The lowest BCUT2D eigenvalue weighted by molar-refractivity contribution is 0.0696. The number of carbonyl (C=O) groups is 2. The summed E-state index contributed by atoms with van der Waals surface area (Å²) in [5.74, 6) is -0.607. The third-order valence-corrected chi connectivity index (χ3v) is 4.75. The van der Waals surface area contributed by atoms with Crippen molar-refractivity contribution in [3.8, 4) is 28.4 Å². The Bertz CT molecular complexity index is 1020. The minimum atomic E-state index is -1.20. The number of rotatable bonds is 11. The molecule has 3 aromatic carbocycles. The summed E-state index contributed by atoms with van der Waals surface area (Å²) in [7, 11) is 1.64. The van der Waals surface area contributed by atoms with Gasteiger partial charge in [-0.3, -0.25) is 0 Å². The molecule has 0 amide bonds. The van der Waals surface area contributed by atoms with Crippen molar-refractivity contribution in [2.45, 2.75) is 12.8 Å². The summed E-state index contributed by atoms with van der Waals surface area (Å²) in [6.45, 7) is 0.822. The molecule has 0 bridgehead atoms. The van der Waals surface area contributed by atoms with Crippen molar-refractivity contribution in [3.05, 3.63) is 77.9 Å². The number of hydrogen-bond donors (Lipinski definition) is 2. The number of ether oxygens (including phenoxy) is 3. The molecule has 0 atom stereocenters. The van der Waals surface area contributed by atoms with Gasteiger partial charge >= 0.3 is 11.9 Å². The molecule has 0 aliphatic rings. The number of benzene rings is 3. The largest absolute Gasteiger partial charge is 0.497 e. The van der Waals surface area contributed by atoms with Gasteiger partial charge in [-0.2, -0.15) is 0 Å². The fourth-order valence-electron chi connectivity index (χ4n) is 3.04. The maximum atomic E-state index is 11.1. The predicted molar refractivity (Wildman–Crippen MR) is 119 cm³/mol. The molecule has 7 nitrogen and oxygen atoms in total. The molecule has 32 heavy (non-hydrogen) atoms. The Morgan fingerprint density at radius 3 is 1.53 bits per heavy atom. The van der Waals surface area contributed by atoms with Crippen LogP contribution in [0.25, 0.3) is 11.1 Å². The average Bonchev–Trinajstić information content (AvgIpc) is 2.81. The first-order chi connectivity index (χ1) is 15.5. The van der Waals surface area contributed by atoms with E-state index >= 15 is 0 Å². The first kappa shape index (κ1) is 22.7. The lowest BCUT2D eigenvalue weighted by Gasteiger charge is -2.10. The Morgan fingerprint density at radius 1 is 0.656 bits per heavy atom. The number of aromatic carboxylic acids is 2. The van der Waals surface area contributed by atoms with E-state index in [0.29, 0.717) is 19.6 Å². The van der Waals surface area contributed by atoms with Gasteiger partial charge < -0.3 is 24.4 Å². The van der Waals surface area contributed by atoms with E-state index < -0.39 is 11.9 Å². The zero-order valence-electron chi connectivity index (χ0n) is 17.6. The molecule has 0 aromatic heterocycles. The maximum Gasteiger partial charge on any atom is 0.335 e. The molecule has 0 heterocycles. The van der Waals surface area contributed by atoms with Crippen LogP contribution in [0.15, 0.2) is 66.7 Å². The fourth-order valence-corrected chi connectivity index (χ4v) is 3.04. The maximum absolute atomic E-state index is 11.1. The SMILES string of the molecule is COc1ccc(-c2ccc(OCCCCOc3cc(C(=O)O)cc(C(=O)O)c3)cc2)cc1. The van der Waals surface area contributed by atoms with Crippen molar-refractivity contribution < 1.29 is 34.0 Å². The van der Waals surface area contributed by atoms with Crippen LogP contribution in [0, 0.1) is 0 Å². The highest BCUT2D eigenvalue weighted by Gasteiger charge is 2.12. The van der Waals surface area contributed by atoms with E-state index in [9.17, 15) is 9.59 Å². The molecule has 3 aromatic rings. The van der Waals surface area contributed by atoms with Gasteiger partial charge in [-0.05, 0) is 66.4 Å². The normalized spacial score (nSPS) is 10.4. The van der Waals surface area contributed by atoms with E-state index in [-0.39, 0.29) is 16.9 Å². The van der Waals surface area contributed by atoms with Crippen LogP contribution < -0.4 is 14.2 Å². The van der Waals surface area contributed by atoms with Crippen molar-refractivity contribution in [3.63, 3.8) is 0 Å². The van der Waals surface area contributed by atoms with Gasteiger partial charge in [-0.1, -0.05) is 24.3 Å². The summed E-state index contributed by atoms with van der Waals surface area (Å²) in [5, 5.41) is 18.2. The van der Waals surface area contributed by atoms with Gasteiger partial charge in [0.25, 0.3) is 0 Å². The molecule has 2 N–H and O–H groups in total. The molecule has 0 aliphatic carbocycles. The Morgan fingerprint density at radius 2 is 1.09 bits per heavy atom. The van der Waals surface area contributed by atoms with Gasteiger partial charge in [0.2, 0.25) is 0 Å². The Kier molecular flexibility index (Phi) is 7.70. The zero-order valence-corrected chi connectivity index (χ0v) is 17.6. The van der Waals surface area contributed by atoms with Crippen LogP contribution in [0.4, 0.5) is 0 Å². The average molecular weight is 436 g/mol. The van der Waals surface area contributed by atoms with Crippen molar-refractivity contribution in [2.24, 2.45) is 0 Å². The summed E-state index contributed by atoms with van der Waals surface area (Å²) in [6.07, 6.45) is 1.40. The van der Waals surface area contributed by atoms with Crippen LogP contribution in [-0.4, -0.2) is 42.5 Å². The minimum Gasteiger partial charge on any atom is -0.497 e. The van der Waals surface area contributed by atoms with E-state index in [2.05, 4.69) is 0 Å². The fraction of sp³-hybridized carbons (Fsp3) is 0.200. The third kappa shape index (κ3) is 6.25. The molecule has 0 aliphatic heterocycles. The quantitative estimate of drug-likeness (QED) is 0.408. The molecule has 0 fully saturated rings. The van der Waals surface area contributed by atoms with E-state index in [0.717, 1.165) is 35.1 Å². The Hall–Kier alpha value is -4.00. The van der Waals surface area contributed by atoms with Gasteiger partial charge in [0.1, 0.15) is 17.2 Å². The smallest absolute Gasteiger partial charge is 0.335 e. The van der Waals surface area contributed by atoms with Crippen molar-refractivity contribution in [1.82, 2.24) is 0 Å². The lowest BCUT2D eigenvalue weighted by atomic mass is 10.1. The molecule has 166 valence electrons. The van der Waals surface area contributed by atoms with Gasteiger partial charge in [0.15, 0.2) is 0 Å². The van der Waals surface area contributed by atoms with Crippen LogP contribution in [0.5, 0.6) is 17.2 Å². The molecule has 3 rings (SSSR count). The van der Waals surface area contributed by atoms with Gasteiger partial charge in [-0.25, -0.2) is 9.59 Å². The second-order valence-electron chi connectivity index (χ2n) is 7.01. The molecular weight excluding hydrogens is 412 g/mol. The number of carboxylic acid groups (broad SMARTS) is 2. The molecule has 0 unspecified atom stereocenters. The first-order valence-electron chi connectivity index (χ1n) is 10.1. The zero-order chi connectivity index (χ0) is 22.9. The predicted octanol–water partition coefficient (Wildman–Crippen LogP) is 5.00. The van der Waals surface area contributed by atoms with Crippen LogP contribution in [-0.2, 0) is 0 Å². The molecule has 7 heteroatoms.